The molecule has 3 rings (SSSR count). The second kappa shape index (κ2) is 6.79. The fourth-order valence-corrected chi connectivity index (χ4v) is 2.92. The Morgan fingerprint density at radius 2 is 2.22 bits per heavy atom. The van der Waals surface area contributed by atoms with Gasteiger partial charge in [0.1, 0.15) is 12.4 Å². The number of halogens is 1. The lowest BCUT2D eigenvalue weighted by Crippen LogP contribution is -2.34. The van der Waals surface area contributed by atoms with Crippen LogP contribution in [-0.2, 0) is 4.79 Å². The molecule has 0 aromatic heterocycles. The van der Waals surface area contributed by atoms with Crippen molar-refractivity contribution in [2.45, 2.75) is 32.7 Å². The predicted molar refractivity (Wildman–Crippen MR) is 93.6 cm³/mol. The van der Waals surface area contributed by atoms with E-state index in [1.807, 2.05) is 35.3 Å². The Hall–Kier alpha value is -1.74. The highest BCUT2D eigenvalue weighted by Gasteiger charge is 2.31. The van der Waals surface area contributed by atoms with Crippen molar-refractivity contribution in [1.82, 2.24) is 4.90 Å². The van der Waals surface area contributed by atoms with E-state index in [2.05, 4.69) is 13.8 Å². The van der Waals surface area contributed by atoms with E-state index in [9.17, 15) is 4.79 Å². The largest absolute Gasteiger partial charge is 0.488 e. The Labute approximate surface area is 142 Å². The molecule has 122 valence electrons. The Morgan fingerprint density at radius 1 is 1.43 bits per heavy atom. The minimum absolute atomic E-state index is 0.0963. The SMILES string of the molecule is CC(C)CN(C(=O)/C=C/C1=Cc2cc(Cl)ccc2OC1)C1CC1. The van der Waals surface area contributed by atoms with Gasteiger partial charge in [0.15, 0.2) is 0 Å². The van der Waals surface area contributed by atoms with Crippen molar-refractivity contribution < 1.29 is 9.53 Å². The molecule has 1 fully saturated rings. The van der Waals surface area contributed by atoms with Gasteiger partial charge in [-0.25, -0.2) is 0 Å². The maximum Gasteiger partial charge on any atom is 0.246 e. The summed E-state index contributed by atoms with van der Waals surface area (Å²) < 4.78 is 5.71. The Bertz CT molecular complexity index is 659. The maximum absolute atomic E-state index is 12.5. The maximum atomic E-state index is 12.5. The van der Waals surface area contributed by atoms with E-state index < -0.39 is 0 Å². The summed E-state index contributed by atoms with van der Waals surface area (Å²) in [4.78, 5) is 14.4. The Morgan fingerprint density at radius 3 is 2.91 bits per heavy atom. The summed E-state index contributed by atoms with van der Waals surface area (Å²) in [5.74, 6) is 1.41. The molecular weight excluding hydrogens is 310 g/mol. The lowest BCUT2D eigenvalue weighted by Gasteiger charge is -2.23. The molecule has 0 unspecified atom stereocenters. The number of nitrogens with zero attached hydrogens (tertiary/aromatic N) is 1. The van der Waals surface area contributed by atoms with Crippen LogP contribution in [-0.4, -0.2) is 30.0 Å². The van der Waals surface area contributed by atoms with Gasteiger partial charge < -0.3 is 9.64 Å². The zero-order chi connectivity index (χ0) is 16.4. The summed E-state index contributed by atoms with van der Waals surface area (Å²) in [5, 5.41) is 0.682. The first-order valence-electron chi connectivity index (χ1n) is 8.14. The first-order valence-corrected chi connectivity index (χ1v) is 8.52. The summed E-state index contributed by atoms with van der Waals surface area (Å²) in [6.45, 7) is 5.59. The van der Waals surface area contributed by atoms with E-state index in [0.717, 1.165) is 36.3 Å². The fourth-order valence-electron chi connectivity index (χ4n) is 2.73. The minimum atomic E-state index is 0.0963. The summed E-state index contributed by atoms with van der Waals surface area (Å²) in [5.41, 5.74) is 1.94. The van der Waals surface area contributed by atoms with E-state index in [-0.39, 0.29) is 5.91 Å². The van der Waals surface area contributed by atoms with Crippen molar-refractivity contribution in [3.63, 3.8) is 0 Å². The molecule has 1 aromatic carbocycles. The molecule has 1 saturated carbocycles. The second-order valence-electron chi connectivity index (χ2n) is 6.64. The van der Waals surface area contributed by atoms with Crippen LogP contribution in [0.4, 0.5) is 0 Å². The highest BCUT2D eigenvalue weighted by atomic mass is 35.5. The molecule has 1 amide bonds. The van der Waals surface area contributed by atoms with Crippen LogP contribution in [0.1, 0.15) is 32.3 Å². The standard InChI is InChI=1S/C19H22ClNO2/c1-13(2)11-21(17-5-6-17)19(22)8-3-14-9-15-10-16(20)4-7-18(15)23-12-14/h3-4,7-10,13,17H,5-6,11-12H2,1-2H3/b8-3+. The van der Waals surface area contributed by atoms with Gasteiger partial charge in [0.2, 0.25) is 5.91 Å². The number of amides is 1. The van der Waals surface area contributed by atoms with Crippen LogP contribution >= 0.6 is 11.6 Å². The molecule has 0 atom stereocenters. The quantitative estimate of drug-likeness (QED) is 0.752. The number of hydrogen-bond donors (Lipinski definition) is 0. The predicted octanol–water partition coefficient (Wildman–Crippen LogP) is 4.32. The fraction of sp³-hybridized carbons (Fsp3) is 0.421. The van der Waals surface area contributed by atoms with Crippen molar-refractivity contribution in [3.05, 3.63) is 46.5 Å². The van der Waals surface area contributed by atoms with Crippen LogP contribution in [0, 0.1) is 5.92 Å². The van der Waals surface area contributed by atoms with Gasteiger partial charge in [-0.3, -0.25) is 4.79 Å². The third-order valence-electron chi connectivity index (χ3n) is 3.98. The van der Waals surface area contributed by atoms with Gasteiger partial charge in [-0.05, 0) is 48.6 Å². The molecule has 1 aliphatic carbocycles. The molecule has 0 radical (unpaired) electrons. The summed E-state index contributed by atoms with van der Waals surface area (Å²) in [7, 11) is 0. The van der Waals surface area contributed by atoms with Gasteiger partial charge in [-0.2, -0.15) is 0 Å². The number of rotatable bonds is 5. The molecule has 0 saturated heterocycles. The topological polar surface area (TPSA) is 29.5 Å². The van der Waals surface area contributed by atoms with Crippen molar-refractivity contribution in [1.29, 1.82) is 0 Å². The van der Waals surface area contributed by atoms with Gasteiger partial charge in [-0.1, -0.05) is 31.5 Å². The number of ether oxygens (including phenoxy) is 1. The average Bonchev–Trinajstić information content (AvgIpc) is 3.34. The molecule has 0 spiro atoms. The highest BCUT2D eigenvalue weighted by Crippen LogP contribution is 2.30. The molecule has 1 heterocycles. The van der Waals surface area contributed by atoms with E-state index in [1.54, 1.807) is 6.08 Å². The molecule has 4 heteroatoms. The van der Waals surface area contributed by atoms with E-state index >= 15 is 0 Å². The van der Waals surface area contributed by atoms with Crippen LogP contribution in [0.3, 0.4) is 0 Å². The van der Waals surface area contributed by atoms with Crippen molar-refractivity contribution in [2.75, 3.05) is 13.2 Å². The van der Waals surface area contributed by atoms with Crippen molar-refractivity contribution in [2.24, 2.45) is 5.92 Å². The number of hydrogen-bond acceptors (Lipinski definition) is 2. The van der Waals surface area contributed by atoms with Gasteiger partial charge in [0.05, 0.1) is 0 Å². The summed E-state index contributed by atoms with van der Waals surface area (Å²) in [6, 6.07) is 6.00. The lowest BCUT2D eigenvalue weighted by molar-refractivity contribution is -0.127. The van der Waals surface area contributed by atoms with Gasteiger partial charge >= 0.3 is 0 Å². The third-order valence-corrected chi connectivity index (χ3v) is 4.21. The van der Waals surface area contributed by atoms with E-state index in [4.69, 9.17) is 16.3 Å². The van der Waals surface area contributed by atoms with Crippen LogP contribution in [0.25, 0.3) is 6.08 Å². The number of fused-ring (bicyclic) bond motifs is 1. The zero-order valence-electron chi connectivity index (χ0n) is 13.6. The van der Waals surface area contributed by atoms with Gasteiger partial charge in [-0.15, -0.1) is 0 Å². The monoisotopic (exact) mass is 331 g/mol. The number of benzene rings is 1. The van der Waals surface area contributed by atoms with Crippen LogP contribution in [0.15, 0.2) is 35.9 Å². The van der Waals surface area contributed by atoms with Gasteiger partial charge in [0, 0.05) is 29.2 Å². The van der Waals surface area contributed by atoms with Crippen LogP contribution in [0.2, 0.25) is 5.02 Å². The van der Waals surface area contributed by atoms with E-state index in [1.165, 1.54) is 0 Å². The molecule has 2 aliphatic rings. The smallest absolute Gasteiger partial charge is 0.246 e. The lowest BCUT2D eigenvalue weighted by atomic mass is 10.1. The molecule has 1 aliphatic heterocycles. The zero-order valence-corrected chi connectivity index (χ0v) is 14.3. The Kier molecular flexibility index (Phi) is 4.76. The number of carbonyl (C=O) groups excluding carboxylic acids is 1. The molecule has 0 N–H and O–H groups in total. The van der Waals surface area contributed by atoms with Crippen molar-refractivity contribution in [3.8, 4) is 5.75 Å². The Balaban J connectivity index is 1.71. The number of carbonyl (C=O) groups is 1. The molecule has 23 heavy (non-hydrogen) atoms. The molecule has 1 aromatic rings. The minimum Gasteiger partial charge on any atom is -0.488 e. The van der Waals surface area contributed by atoms with Gasteiger partial charge in [0.25, 0.3) is 0 Å². The molecular formula is C19H22ClNO2. The highest BCUT2D eigenvalue weighted by molar-refractivity contribution is 6.30. The normalized spacial score (nSPS) is 17.0. The van der Waals surface area contributed by atoms with E-state index in [0.29, 0.717) is 23.6 Å². The first kappa shape index (κ1) is 16.1. The summed E-state index contributed by atoms with van der Waals surface area (Å²) in [6.07, 6.45) is 7.82. The summed E-state index contributed by atoms with van der Waals surface area (Å²) >= 11 is 6.02. The molecule has 3 nitrogen and oxygen atoms in total. The first-order chi connectivity index (χ1) is 11.0. The van der Waals surface area contributed by atoms with Crippen LogP contribution in [0.5, 0.6) is 5.75 Å². The average molecular weight is 332 g/mol. The third kappa shape index (κ3) is 4.17. The van der Waals surface area contributed by atoms with Crippen LogP contribution < -0.4 is 4.74 Å². The molecule has 0 bridgehead atoms. The second-order valence-corrected chi connectivity index (χ2v) is 7.08. The van der Waals surface area contributed by atoms with Crippen molar-refractivity contribution >= 4 is 23.6 Å².